The van der Waals surface area contributed by atoms with E-state index in [0.29, 0.717) is 58.2 Å². The van der Waals surface area contributed by atoms with Crippen molar-refractivity contribution in [2.24, 2.45) is 0 Å². The van der Waals surface area contributed by atoms with Crippen LogP contribution in [-0.2, 0) is 4.74 Å². The Morgan fingerprint density at radius 1 is 1.10 bits per heavy atom. The molecule has 0 amide bonds. The van der Waals surface area contributed by atoms with Gasteiger partial charge < -0.3 is 10.1 Å². The Hall–Kier alpha value is -2.91. The summed E-state index contributed by atoms with van der Waals surface area (Å²) in [6.07, 6.45) is 1.79. The first kappa shape index (κ1) is 18.1. The molecule has 148 valence electrons. The van der Waals surface area contributed by atoms with E-state index in [2.05, 4.69) is 30.4 Å². The third-order valence-electron chi connectivity index (χ3n) is 4.87. The van der Waals surface area contributed by atoms with Crippen LogP contribution < -0.4 is 5.32 Å². The van der Waals surface area contributed by atoms with Crippen LogP contribution in [0.5, 0.6) is 0 Å². The van der Waals surface area contributed by atoms with Gasteiger partial charge in [0.15, 0.2) is 0 Å². The van der Waals surface area contributed by atoms with E-state index >= 15 is 0 Å². The van der Waals surface area contributed by atoms with Crippen LogP contribution >= 0.6 is 11.6 Å². The van der Waals surface area contributed by atoms with Crippen molar-refractivity contribution in [3.8, 4) is 11.5 Å². The van der Waals surface area contributed by atoms with Crippen molar-refractivity contribution in [3.63, 3.8) is 0 Å². The second kappa shape index (κ2) is 7.16. The normalized spacial score (nSPS) is 15.3. The largest absolute Gasteiger partial charge is 0.381 e. The Labute approximate surface area is 170 Å². The molecule has 1 aliphatic heterocycles. The summed E-state index contributed by atoms with van der Waals surface area (Å²) in [5, 5.41) is 8.34. The van der Waals surface area contributed by atoms with Crippen LogP contribution in [0.15, 0.2) is 24.3 Å². The molecule has 8 nitrogen and oxygen atoms in total. The first-order valence-corrected chi connectivity index (χ1v) is 9.66. The minimum absolute atomic E-state index is 0.253. The molecule has 0 atom stereocenters. The van der Waals surface area contributed by atoms with Crippen molar-refractivity contribution in [1.29, 1.82) is 0 Å². The molecule has 0 spiro atoms. The summed E-state index contributed by atoms with van der Waals surface area (Å²) in [4.78, 5) is 17.8. The topological polar surface area (TPSA) is 90.1 Å². The molecule has 10 heteroatoms. The molecule has 1 N–H and O–H groups in total. The zero-order valence-corrected chi connectivity index (χ0v) is 16.3. The number of fused-ring (bicyclic) bond motifs is 2. The van der Waals surface area contributed by atoms with Gasteiger partial charge in [0.25, 0.3) is 5.78 Å². The molecule has 0 aliphatic carbocycles. The number of nitrogens with one attached hydrogen (secondary N) is 1. The molecule has 1 aromatic carbocycles. The molecule has 1 saturated heterocycles. The Morgan fingerprint density at radius 2 is 1.93 bits per heavy atom. The highest BCUT2D eigenvalue weighted by Gasteiger charge is 2.19. The van der Waals surface area contributed by atoms with Crippen molar-refractivity contribution in [1.82, 2.24) is 29.5 Å². The van der Waals surface area contributed by atoms with E-state index in [4.69, 9.17) is 16.3 Å². The number of ether oxygens (including phenoxy) is 1. The third-order valence-corrected chi connectivity index (χ3v) is 5.06. The number of benzene rings is 1. The molecule has 4 heterocycles. The summed E-state index contributed by atoms with van der Waals surface area (Å²) < 4.78 is 20.6. The third kappa shape index (κ3) is 3.47. The zero-order valence-electron chi connectivity index (χ0n) is 15.6. The maximum Gasteiger partial charge on any atom is 0.256 e. The average molecular weight is 414 g/mol. The molecule has 5 rings (SSSR count). The molecule has 0 saturated carbocycles. The van der Waals surface area contributed by atoms with E-state index in [9.17, 15) is 4.39 Å². The molecule has 0 radical (unpaired) electrons. The van der Waals surface area contributed by atoms with Crippen LogP contribution in [0.2, 0.25) is 5.15 Å². The lowest BCUT2D eigenvalue weighted by molar-refractivity contribution is 0.0903. The molecule has 4 aromatic rings. The van der Waals surface area contributed by atoms with Crippen molar-refractivity contribution in [2.45, 2.75) is 25.8 Å². The van der Waals surface area contributed by atoms with Crippen LogP contribution in [-0.4, -0.2) is 48.8 Å². The van der Waals surface area contributed by atoms with E-state index in [1.165, 1.54) is 12.1 Å². The van der Waals surface area contributed by atoms with Crippen molar-refractivity contribution in [3.05, 3.63) is 40.9 Å². The highest BCUT2D eigenvalue weighted by Crippen LogP contribution is 2.24. The van der Waals surface area contributed by atoms with Gasteiger partial charge in [-0.15, -0.1) is 5.10 Å². The first-order chi connectivity index (χ1) is 14.1. The SMILES string of the molecule is Cc1nc2ccc(F)cc2nc1-c1nc2nc(Cl)cc(NC3CCOCC3)n2n1. The van der Waals surface area contributed by atoms with E-state index in [1.807, 2.05) is 6.92 Å². The van der Waals surface area contributed by atoms with Gasteiger partial charge in [-0.2, -0.15) is 14.5 Å². The monoisotopic (exact) mass is 413 g/mol. The smallest absolute Gasteiger partial charge is 0.256 e. The molecule has 0 bridgehead atoms. The minimum Gasteiger partial charge on any atom is -0.381 e. The lowest BCUT2D eigenvalue weighted by Crippen LogP contribution is -2.28. The van der Waals surface area contributed by atoms with Gasteiger partial charge in [0, 0.05) is 31.4 Å². The highest BCUT2D eigenvalue weighted by atomic mass is 35.5. The van der Waals surface area contributed by atoms with Crippen molar-refractivity contribution >= 4 is 34.2 Å². The van der Waals surface area contributed by atoms with Crippen LogP contribution in [0.25, 0.3) is 28.3 Å². The first-order valence-electron chi connectivity index (χ1n) is 9.29. The van der Waals surface area contributed by atoms with Gasteiger partial charge in [0.05, 0.1) is 16.7 Å². The van der Waals surface area contributed by atoms with E-state index in [0.717, 1.165) is 12.8 Å². The van der Waals surface area contributed by atoms with E-state index in [-0.39, 0.29) is 11.9 Å². The number of hydrogen-bond acceptors (Lipinski definition) is 7. The number of aryl methyl sites for hydroxylation is 1. The fourth-order valence-electron chi connectivity index (χ4n) is 3.42. The number of hydrogen-bond donors (Lipinski definition) is 1. The lowest BCUT2D eigenvalue weighted by atomic mass is 10.1. The molecule has 1 fully saturated rings. The van der Waals surface area contributed by atoms with Crippen LogP contribution in [0.3, 0.4) is 0 Å². The molecule has 1 aliphatic rings. The summed E-state index contributed by atoms with van der Waals surface area (Å²) in [7, 11) is 0. The Bertz CT molecular complexity index is 1220. The second-order valence-electron chi connectivity index (χ2n) is 6.93. The van der Waals surface area contributed by atoms with Gasteiger partial charge in [-0.3, -0.25) is 0 Å². The summed E-state index contributed by atoms with van der Waals surface area (Å²) in [5.74, 6) is 1.03. The number of halogens is 2. The summed E-state index contributed by atoms with van der Waals surface area (Å²) >= 11 is 6.20. The van der Waals surface area contributed by atoms with E-state index in [1.54, 1.807) is 16.6 Å². The summed E-state index contributed by atoms with van der Waals surface area (Å²) in [6.45, 7) is 3.24. The van der Waals surface area contributed by atoms with Crippen LogP contribution in [0, 0.1) is 12.7 Å². The molecular formula is C19H17ClFN7O. The van der Waals surface area contributed by atoms with Gasteiger partial charge in [-0.25, -0.2) is 14.4 Å². The number of nitrogens with zero attached hydrogens (tertiary/aromatic N) is 6. The maximum atomic E-state index is 13.6. The number of aromatic nitrogens is 6. The summed E-state index contributed by atoms with van der Waals surface area (Å²) in [5.41, 5.74) is 2.17. The Kier molecular flexibility index (Phi) is 4.48. The zero-order chi connectivity index (χ0) is 20.0. The number of rotatable bonds is 3. The molecule has 3 aromatic heterocycles. The minimum atomic E-state index is -0.374. The average Bonchev–Trinajstić information content (AvgIpc) is 3.12. The van der Waals surface area contributed by atoms with Gasteiger partial charge in [-0.05, 0) is 31.9 Å². The van der Waals surface area contributed by atoms with Crippen molar-refractivity contribution < 1.29 is 9.13 Å². The summed E-state index contributed by atoms with van der Waals surface area (Å²) in [6, 6.07) is 6.27. The Morgan fingerprint density at radius 3 is 2.76 bits per heavy atom. The second-order valence-corrected chi connectivity index (χ2v) is 7.32. The molecule has 29 heavy (non-hydrogen) atoms. The maximum absolute atomic E-state index is 13.6. The fraction of sp³-hybridized carbons (Fsp3) is 0.316. The predicted octanol–water partition coefficient (Wildman–Crippen LogP) is 3.43. The van der Waals surface area contributed by atoms with Gasteiger partial charge in [0.1, 0.15) is 22.5 Å². The number of anilines is 1. The van der Waals surface area contributed by atoms with Gasteiger partial charge in [-0.1, -0.05) is 11.6 Å². The molecular weight excluding hydrogens is 397 g/mol. The standard InChI is InChI=1S/C19H17ClFN7O/c1-10-17(24-14-8-11(21)2-3-13(14)22-10)18-26-19-25-15(20)9-16(28(19)27-18)23-12-4-6-29-7-5-12/h2-3,8-9,12,23H,4-7H2,1H3. The molecule has 0 unspecified atom stereocenters. The van der Waals surface area contributed by atoms with Crippen molar-refractivity contribution in [2.75, 3.05) is 18.5 Å². The van der Waals surface area contributed by atoms with Gasteiger partial charge >= 0.3 is 0 Å². The van der Waals surface area contributed by atoms with Crippen LogP contribution in [0.4, 0.5) is 10.2 Å². The quantitative estimate of drug-likeness (QED) is 0.514. The fourth-order valence-corrected chi connectivity index (χ4v) is 3.60. The van der Waals surface area contributed by atoms with Gasteiger partial charge in [0.2, 0.25) is 5.82 Å². The Balaban J connectivity index is 1.60. The highest BCUT2D eigenvalue weighted by molar-refractivity contribution is 6.29. The predicted molar refractivity (Wildman–Crippen MR) is 106 cm³/mol. The van der Waals surface area contributed by atoms with E-state index < -0.39 is 0 Å². The van der Waals surface area contributed by atoms with Crippen LogP contribution in [0.1, 0.15) is 18.5 Å². The lowest BCUT2D eigenvalue weighted by Gasteiger charge is -2.24.